The van der Waals surface area contributed by atoms with Crippen LogP contribution >= 0.6 is 15.9 Å². The first-order chi connectivity index (χ1) is 11.3. The average Bonchev–Trinajstić information content (AvgIpc) is 2.56. The first-order valence-electron chi connectivity index (χ1n) is 7.08. The molecule has 8 nitrogen and oxygen atoms in total. The van der Waals surface area contributed by atoms with Crippen molar-refractivity contribution in [3.05, 3.63) is 38.3 Å². The van der Waals surface area contributed by atoms with E-state index in [2.05, 4.69) is 15.9 Å². The van der Waals surface area contributed by atoms with E-state index >= 15 is 0 Å². The monoisotopic (exact) mass is 397 g/mol. The van der Waals surface area contributed by atoms with Crippen LogP contribution in [0.3, 0.4) is 0 Å². The molecule has 0 unspecified atom stereocenters. The molecule has 0 N–H and O–H groups in total. The molecule has 0 spiro atoms. The van der Waals surface area contributed by atoms with Crippen molar-refractivity contribution < 1.29 is 19.2 Å². The van der Waals surface area contributed by atoms with E-state index in [0.717, 1.165) is 6.07 Å². The molecule has 0 aliphatic heterocycles. The Bertz CT molecular complexity index is 686. The van der Waals surface area contributed by atoms with Crippen molar-refractivity contribution in [3.8, 4) is 6.07 Å². The first kappa shape index (κ1) is 19.6. The molecule has 1 atom stereocenters. The summed E-state index contributed by atoms with van der Waals surface area (Å²) in [7, 11) is 0. The normalized spacial score (nSPS) is 11.2. The van der Waals surface area contributed by atoms with E-state index in [1.807, 2.05) is 6.07 Å². The molecule has 1 rings (SSSR count). The van der Waals surface area contributed by atoms with Gasteiger partial charge in [0.1, 0.15) is 0 Å². The van der Waals surface area contributed by atoms with Crippen molar-refractivity contribution in [2.75, 3.05) is 19.7 Å². The third kappa shape index (κ3) is 5.31. The maximum atomic E-state index is 12.0. The largest absolute Gasteiger partial charge is 0.452 e. The van der Waals surface area contributed by atoms with Crippen molar-refractivity contribution >= 4 is 33.5 Å². The molecule has 24 heavy (non-hydrogen) atoms. The molecular formula is C15H16BrN3O5. The highest BCUT2D eigenvalue weighted by molar-refractivity contribution is 9.10. The Balaban J connectivity index is 2.72. The Morgan fingerprint density at radius 3 is 2.71 bits per heavy atom. The standard InChI is InChI=1S/C15H16BrN3O5/c1-3-18(8-10(2)7-17)14(20)9-24-15(21)11-4-5-12(16)13(6-11)19(22)23/h4-6,10H,3,8-9H2,1-2H3/t10-/m1/s1. The van der Waals surface area contributed by atoms with Crippen LogP contribution in [0.5, 0.6) is 0 Å². The SMILES string of the molecule is CCN(C[C@H](C)C#N)C(=O)COC(=O)c1ccc(Br)c([N+](=O)[O-])c1. The van der Waals surface area contributed by atoms with E-state index in [-0.39, 0.29) is 28.2 Å². The summed E-state index contributed by atoms with van der Waals surface area (Å²) in [6.07, 6.45) is 0. The van der Waals surface area contributed by atoms with Gasteiger partial charge in [-0.15, -0.1) is 0 Å². The summed E-state index contributed by atoms with van der Waals surface area (Å²) in [6, 6.07) is 5.83. The van der Waals surface area contributed by atoms with Gasteiger partial charge in [-0.2, -0.15) is 5.26 Å². The van der Waals surface area contributed by atoms with Crippen LogP contribution in [0, 0.1) is 27.4 Å². The number of halogens is 1. The quantitative estimate of drug-likeness (QED) is 0.396. The molecule has 128 valence electrons. The van der Waals surface area contributed by atoms with Crippen molar-refractivity contribution in [2.24, 2.45) is 5.92 Å². The lowest BCUT2D eigenvalue weighted by Crippen LogP contribution is -2.37. The van der Waals surface area contributed by atoms with Gasteiger partial charge < -0.3 is 9.64 Å². The van der Waals surface area contributed by atoms with Gasteiger partial charge in [-0.1, -0.05) is 0 Å². The Hall–Kier alpha value is -2.47. The van der Waals surface area contributed by atoms with Gasteiger partial charge in [-0.3, -0.25) is 14.9 Å². The zero-order valence-corrected chi connectivity index (χ0v) is 14.8. The fourth-order valence-electron chi connectivity index (χ4n) is 1.86. The fraction of sp³-hybridized carbons (Fsp3) is 0.400. The maximum absolute atomic E-state index is 12.0. The molecule has 0 saturated heterocycles. The van der Waals surface area contributed by atoms with Crippen LogP contribution in [0.25, 0.3) is 0 Å². The van der Waals surface area contributed by atoms with Gasteiger partial charge >= 0.3 is 5.97 Å². The number of amides is 1. The number of nitriles is 1. The molecule has 0 saturated carbocycles. The lowest BCUT2D eigenvalue weighted by molar-refractivity contribution is -0.385. The van der Waals surface area contributed by atoms with Gasteiger partial charge in [-0.05, 0) is 41.9 Å². The summed E-state index contributed by atoms with van der Waals surface area (Å²) < 4.78 is 5.15. The van der Waals surface area contributed by atoms with Crippen LogP contribution in [0.4, 0.5) is 5.69 Å². The van der Waals surface area contributed by atoms with Gasteiger partial charge in [0.25, 0.3) is 11.6 Å². The molecule has 1 aromatic rings. The highest BCUT2D eigenvalue weighted by atomic mass is 79.9. The Kier molecular flexibility index (Phi) is 7.32. The summed E-state index contributed by atoms with van der Waals surface area (Å²) in [6.45, 7) is 3.57. The lowest BCUT2D eigenvalue weighted by Gasteiger charge is -2.21. The molecule has 0 radical (unpaired) electrons. The zero-order valence-electron chi connectivity index (χ0n) is 13.2. The van der Waals surface area contributed by atoms with E-state index in [0.29, 0.717) is 6.54 Å². The fourth-order valence-corrected chi connectivity index (χ4v) is 2.25. The second-order valence-corrected chi connectivity index (χ2v) is 5.82. The van der Waals surface area contributed by atoms with Gasteiger partial charge in [0.15, 0.2) is 6.61 Å². The van der Waals surface area contributed by atoms with Gasteiger partial charge in [0.05, 0.1) is 26.9 Å². The van der Waals surface area contributed by atoms with E-state index < -0.39 is 23.4 Å². The van der Waals surface area contributed by atoms with Crippen LogP contribution in [-0.2, 0) is 9.53 Å². The van der Waals surface area contributed by atoms with Crippen LogP contribution in [0.2, 0.25) is 0 Å². The van der Waals surface area contributed by atoms with Crippen LogP contribution in [0.1, 0.15) is 24.2 Å². The minimum Gasteiger partial charge on any atom is -0.452 e. The van der Waals surface area contributed by atoms with E-state index in [4.69, 9.17) is 10.00 Å². The molecule has 1 aromatic carbocycles. The molecule has 1 amide bonds. The topological polar surface area (TPSA) is 114 Å². The van der Waals surface area contributed by atoms with Crippen molar-refractivity contribution in [1.82, 2.24) is 4.90 Å². The number of nitro groups is 1. The number of nitro benzene ring substituents is 1. The molecule has 0 heterocycles. The van der Waals surface area contributed by atoms with E-state index in [1.165, 1.54) is 17.0 Å². The Labute approximate surface area is 147 Å². The van der Waals surface area contributed by atoms with Crippen LogP contribution in [0.15, 0.2) is 22.7 Å². The highest BCUT2D eigenvalue weighted by Crippen LogP contribution is 2.25. The first-order valence-corrected chi connectivity index (χ1v) is 7.87. The summed E-state index contributed by atoms with van der Waals surface area (Å²) in [5.41, 5.74) is -0.292. The van der Waals surface area contributed by atoms with E-state index in [1.54, 1.807) is 13.8 Å². The maximum Gasteiger partial charge on any atom is 0.338 e. The molecule has 0 aromatic heterocycles. The Morgan fingerprint density at radius 2 is 2.17 bits per heavy atom. The smallest absolute Gasteiger partial charge is 0.338 e. The molecule has 0 aliphatic rings. The lowest BCUT2D eigenvalue weighted by atomic mass is 10.2. The number of nitrogens with zero attached hydrogens (tertiary/aromatic N) is 3. The highest BCUT2D eigenvalue weighted by Gasteiger charge is 2.20. The summed E-state index contributed by atoms with van der Waals surface area (Å²) >= 11 is 3.02. The second kappa shape index (κ2) is 8.98. The van der Waals surface area contributed by atoms with Crippen molar-refractivity contribution in [3.63, 3.8) is 0 Å². The summed E-state index contributed by atoms with van der Waals surface area (Å²) in [5, 5.41) is 19.6. The number of esters is 1. The minimum absolute atomic E-state index is 0.0221. The second-order valence-electron chi connectivity index (χ2n) is 4.96. The number of rotatable bonds is 7. The van der Waals surface area contributed by atoms with Gasteiger partial charge in [-0.25, -0.2) is 4.79 Å². The molecule has 0 aliphatic carbocycles. The summed E-state index contributed by atoms with van der Waals surface area (Å²) in [5.74, 6) is -1.60. The van der Waals surface area contributed by atoms with E-state index in [9.17, 15) is 19.7 Å². The number of hydrogen-bond acceptors (Lipinski definition) is 6. The van der Waals surface area contributed by atoms with Crippen LogP contribution in [-0.4, -0.2) is 41.4 Å². The number of carbonyl (C=O) groups is 2. The Morgan fingerprint density at radius 1 is 1.50 bits per heavy atom. The summed E-state index contributed by atoms with van der Waals surface area (Å²) in [4.78, 5) is 35.6. The predicted molar refractivity (Wildman–Crippen MR) is 88.1 cm³/mol. The number of likely N-dealkylation sites (N-methyl/N-ethyl adjacent to an activating group) is 1. The number of hydrogen-bond donors (Lipinski definition) is 0. The zero-order chi connectivity index (χ0) is 18.3. The molecule has 0 bridgehead atoms. The average molecular weight is 398 g/mol. The predicted octanol–water partition coefficient (Wildman–Crippen LogP) is 2.52. The third-order valence-electron chi connectivity index (χ3n) is 3.15. The van der Waals surface area contributed by atoms with Crippen molar-refractivity contribution in [1.29, 1.82) is 5.26 Å². The minimum atomic E-state index is -0.830. The van der Waals surface area contributed by atoms with Gasteiger partial charge in [0.2, 0.25) is 0 Å². The number of carbonyl (C=O) groups excluding carboxylic acids is 2. The number of benzene rings is 1. The molecular weight excluding hydrogens is 382 g/mol. The van der Waals surface area contributed by atoms with Gasteiger partial charge in [0, 0.05) is 19.2 Å². The number of ether oxygens (including phenoxy) is 1. The third-order valence-corrected chi connectivity index (χ3v) is 3.82. The van der Waals surface area contributed by atoms with Crippen molar-refractivity contribution in [2.45, 2.75) is 13.8 Å². The molecule has 0 fully saturated rings. The molecule has 9 heteroatoms. The van der Waals surface area contributed by atoms with Crippen LogP contribution < -0.4 is 0 Å².